The van der Waals surface area contributed by atoms with Gasteiger partial charge in [-0.25, -0.2) is 4.98 Å². The molecule has 0 spiro atoms. The molecule has 152 valence electrons. The molecule has 1 atom stereocenters. The zero-order chi connectivity index (χ0) is 20.2. The fraction of sp³-hybridized carbons (Fsp3) is 0.417. The zero-order valence-electron chi connectivity index (χ0n) is 17.3. The van der Waals surface area contributed by atoms with Crippen LogP contribution in [-0.4, -0.2) is 34.9 Å². The number of rotatable bonds is 6. The molecule has 0 bridgehead atoms. The quantitative estimate of drug-likeness (QED) is 0.663. The maximum Gasteiger partial charge on any atom is 0.227 e. The fourth-order valence-corrected chi connectivity index (χ4v) is 4.30. The number of nitrogens with one attached hydrogen (secondary N) is 1. The first-order chi connectivity index (χ1) is 14.1. The van der Waals surface area contributed by atoms with Gasteiger partial charge in [-0.15, -0.1) is 0 Å². The van der Waals surface area contributed by atoms with E-state index in [1.54, 1.807) is 6.92 Å². The van der Waals surface area contributed by atoms with Crippen molar-refractivity contribution in [3.8, 4) is 11.5 Å². The second kappa shape index (κ2) is 8.78. The van der Waals surface area contributed by atoms with Crippen LogP contribution in [0.3, 0.4) is 0 Å². The van der Waals surface area contributed by atoms with Crippen LogP contribution >= 0.6 is 0 Å². The van der Waals surface area contributed by atoms with Crippen LogP contribution in [0.25, 0.3) is 22.2 Å². The molecule has 29 heavy (non-hydrogen) atoms. The van der Waals surface area contributed by atoms with Crippen LogP contribution < -0.4 is 5.32 Å². The van der Waals surface area contributed by atoms with Gasteiger partial charge in [-0.1, -0.05) is 42.8 Å². The third-order valence-electron chi connectivity index (χ3n) is 5.87. The van der Waals surface area contributed by atoms with Gasteiger partial charge in [0.15, 0.2) is 0 Å². The zero-order valence-corrected chi connectivity index (χ0v) is 17.3. The van der Waals surface area contributed by atoms with Gasteiger partial charge >= 0.3 is 0 Å². The number of hydrogen-bond acceptors (Lipinski definition) is 4. The van der Waals surface area contributed by atoms with E-state index in [0.29, 0.717) is 11.9 Å². The number of benzene rings is 2. The maximum atomic E-state index is 11.2. The normalized spacial score (nSPS) is 17.5. The first kappa shape index (κ1) is 19.6. The van der Waals surface area contributed by atoms with Crippen molar-refractivity contribution in [2.45, 2.75) is 52.1 Å². The monoisotopic (exact) mass is 391 g/mol. The summed E-state index contributed by atoms with van der Waals surface area (Å²) >= 11 is 0. The van der Waals surface area contributed by atoms with Gasteiger partial charge in [0.25, 0.3) is 0 Å². The summed E-state index contributed by atoms with van der Waals surface area (Å²) in [5.41, 5.74) is 2.05. The molecular weight excluding hydrogens is 362 g/mol. The topological polar surface area (TPSA) is 58.4 Å². The smallest absolute Gasteiger partial charge is 0.227 e. The fourth-order valence-electron chi connectivity index (χ4n) is 4.30. The van der Waals surface area contributed by atoms with Crippen LogP contribution in [0.1, 0.15) is 44.1 Å². The Kier molecular flexibility index (Phi) is 5.95. The molecule has 2 heterocycles. The number of likely N-dealkylation sites (tertiary alicyclic amines) is 1. The molecule has 4 rings (SSSR count). The third kappa shape index (κ3) is 4.51. The van der Waals surface area contributed by atoms with Crippen LogP contribution in [0.2, 0.25) is 0 Å². The lowest BCUT2D eigenvalue weighted by molar-refractivity contribution is -0.119. The second-order valence-corrected chi connectivity index (χ2v) is 7.94. The first-order valence-electron chi connectivity index (χ1n) is 10.5. The summed E-state index contributed by atoms with van der Waals surface area (Å²) in [4.78, 5) is 18.6. The van der Waals surface area contributed by atoms with Crippen LogP contribution in [0, 0.1) is 6.92 Å². The van der Waals surface area contributed by atoms with Crippen molar-refractivity contribution in [3.63, 3.8) is 0 Å². The standard InChI is InChI=1S/C24H29N3O2/c1-17-23(16-27-15-6-5-10-20(27)13-14-25-18(2)28)26-24(29-17)22-12-7-9-19-8-3-4-11-21(19)22/h3-4,7-9,11-12,20H,5-6,10,13-16H2,1-2H3,(H,25,28). The summed E-state index contributed by atoms with van der Waals surface area (Å²) < 4.78 is 6.10. The molecule has 1 unspecified atom stereocenters. The van der Waals surface area contributed by atoms with E-state index < -0.39 is 0 Å². The number of hydrogen-bond donors (Lipinski definition) is 1. The Hall–Kier alpha value is -2.66. The lowest BCUT2D eigenvalue weighted by Gasteiger charge is -2.35. The highest BCUT2D eigenvalue weighted by molar-refractivity contribution is 5.94. The van der Waals surface area contributed by atoms with E-state index in [-0.39, 0.29) is 5.91 Å². The van der Waals surface area contributed by atoms with Crippen molar-refractivity contribution >= 4 is 16.7 Å². The van der Waals surface area contributed by atoms with E-state index in [1.807, 2.05) is 6.92 Å². The highest BCUT2D eigenvalue weighted by Crippen LogP contribution is 2.30. The number of amides is 1. The van der Waals surface area contributed by atoms with Gasteiger partial charge in [-0.05, 0) is 49.6 Å². The lowest BCUT2D eigenvalue weighted by Crippen LogP contribution is -2.41. The molecule has 1 aromatic heterocycles. The molecule has 0 saturated carbocycles. The minimum atomic E-state index is 0.0411. The van der Waals surface area contributed by atoms with Crippen LogP contribution in [-0.2, 0) is 11.3 Å². The van der Waals surface area contributed by atoms with Crippen molar-refractivity contribution in [2.75, 3.05) is 13.1 Å². The van der Waals surface area contributed by atoms with Gasteiger partial charge in [-0.3, -0.25) is 9.69 Å². The Morgan fingerprint density at radius 1 is 1.21 bits per heavy atom. The predicted octanol–water partition coefficient (Wildman–Crippen LogP) is 4.68. The molecule has 1 amide bonds. The molecule has 3 aromatic rings. The number of carbonyl (C=O) groups excluding carboxylic acids is 1. The molecule has 5 nitrogen and oxygen atoms in total. The minimum absolute atomic E-state index is 0.0411. The molecule has 1 fully saturated rings. The summed E-state index contributed by atoms with van der Waals surface area (Å²) in [6, 6.07) is 15.1. The number of piperidine rings is 1. The van der Waals surface area contributed by atoms with Crippen molar-refractivity contribution in [1.82, 2.24) is 15.2 Å². The van der Waals surface area contributed by atoms with Crippen LogP contribution in [0.15, 0.2) is 46.9 Å². The number of nitrogens with zero attached hydrogens (tertiary/aromatic N) is 2. The summed E-state index contributed by atoms with van der Waals surface area (Å²) in [7, 11) is 0. The van der Waals surface area contributed by atoms with E-state index in [9.17, 15) is 4.79 Å². The molecule has 2 aromatic carbocycles. The SMILES string of the molecule is CC(=O)NCCC1CCCCN1Cc1nc(-c2cccc3ccccc23)oc1C. The maximum absolute atomic E-state index is 11.2. The van der Waals surface area contributed by atoms with E-state index in [1.165, 1.54) is 24.6 Å². The van der Waals surface area contributed by atoms with Crippen molar-refractivity contribution in [2.24, 2.45) is 0 Å². The number of fused-ring (bicyclic) bond motifs is 1. The van der Waals surface area contributed by atoms with Gasteiger partial charge in [0, 0.05) is 31.6 Å². The van der Waals surface area contributed by atoms with Gasteiger partial charge in [-0.2, -0.15) is 0 Å². The highest BCUT2D eigenvalue weighted by Gasteiger charge is 2.24. The molecule has 1 N–H and O–H groups in total. The van der Waals surface area contributed by atoms with Gasteiger partial charge in [0.05, 0.1) is 5.69 Å². The Bertz CT molecular complexity index is 989. The van der Waals surface area contributed by atoms with E-state index in [2.05, 4.69) is 52.7 Å². The summed E-state index contributed by atoms with van der Waals surface area (Å²) in [6.45, 7) is 6.18. The van der Waals surface area contributed by atoms with Gasteiger partial charge < -0.3 is 9.73 Å². The van der Waals surface area contributed by atoms with Crippen molar-refractivity contribution in [1.29, 1.82) is 0 Å². The number of aryl methyl sites for hydroxylation is 1. The van der Waals surface area contributed by atoms with E-state index in [4.69, 9.17) is 9.40 Å². The third-order valence-corrected chi connectivity index (χ3v) is 5.87. The average molecular weight is 392 g/mol. The Morgan fingerprint density at radius 3 is 2.90 bits per heavy atom. The summed E-state index contributed by atoms with van der Waals surface area (Å²) in [6.07, 6.45) is 4.61. The second-order valence-electron chi connectivity index (χ2n) is 7.94. The number of aromatic nitrogens is 1. The Balaban J connectivity index is 1.53. The molecular formula is C24H29N3O2. The minimum Gasteiger partial charge on any atom is -0.441 e. The van der Waals surface area contributed by atoms with Crippen LogP contribution in [0.5, 0.6) is 0 Å². The van der Waals surface area contributed by atoms with Gasteiger partial charge in [0.2, 0.25) is 11.8 Å². The molecule has 1 aliphatic heterocycles. The molecule has 0 aliphatic carbocycles. The lowest BCUT2D eigenvalue weighted by atomic mass is 9.99. The number of oxazole rings is 1. The van der Waals surface area contributed by atoms with E-state index in [0.717, 1.165) is 48.5 Å². The Labute approximate surface area is 172 Å². The van der Waals surface area contributed by atoms with Crippen molar-refractivity contribution < 1.29 is 9.21 Å². The predicted molar refractivity (Wildman–Crippen MR) is 116 cm³/mol. The Morgan fingerprint density at radius 2 is 2.03 bits per heavy atom. The molecule has 5 heteroatoms. The van der Waals surface area contributed by atoms with Crippen LogP contribution in [0.4, 0.5) is 0 Å². The largest absolute Gasteiger partial charge is 0.441 e. The first-order valence-corrected chi connectivity index (χ1v) is 10.5. The number of carbonyl (C=O) groups is 1. The summed E-state index contributed by atoms with van der Waals surface area (Å²) in [5.74, 6) is 1.62. The summed E-state index contributed by atoms with van der Waals surface area (Å²) in [5, 5.41) is 5.28. The molecule has 0 radical (unpaired) electrons. The average Bonchev–Trinajstić information content (AvgIpc) is 3.09. The highest BCUT2D eigenvalue weighted by atomic mass is 16.4. The van der Waals surface area contributed by atoms with Crippen molar-refractivity contribution in [3.05, 3.63) is 53.9 Å². The molecule has 1 saturated heterocycles. The van der Waals surface area contributed by atoms with E-state index >= 15 is 0 Å². The van der Waals surface area contributed by atoms with Gasteiger partial charge in [0.1, 0.15) is 5.76 Å². The molecule has 1 aliphatic rings.